The van der Waals surface area contributed by atoms with E-state index in [0.29, 0.717) is 5.70 Å². The molecule has 2 N–H and O–H groups in total. The average Bonchev–Trinajstić information content (AvgIpc) is 2.46. The van der Waals surface area contributed by atoms with Crippen LogP contribution in [0.5, 0.6) is 0 Å². The van der Waals surface area contributed by atoms with Crippen molar-refractivity contribution < 1.29 is 4.79 Å². The lowest BCUT2D eigenvalue weighted by Gasteiger charge is -2.22. The predicted molar refractivity (Wildman–Crippen MR) is 97.5 cm³/mol. The maximum absolute atomic E-state index is 12.3. The van der Waals surface area contributed by atoms with Crippen molar-refractivity contribution in [1.29, 1.82) is 5.41 Å². The van der Waals surface area contributed by atoms with Crippen LogP contribution in [0.2, 0.25) is 0 Å². The van der Waals surface area contributed by atoms with Crippen LogP contribution in [0.25, 0.3) is 0 Å². The molecule has 1 aromatic heterocycles. The highest BCUT2D eigenvalue weighted by Crippen LogP contribution is 2.17. The van der Waals surface area contributed by atoms with Crippen LogP contribution in [-0.2, 0) is 4.79 Å². The second kappa shape index (κ2) is 9.17. The molecular weight excluding hydrogens is 388 g/mol. The van der Waals surface area contributed by atoms with Gasteiger partial charge in [-0.05, 0) is 28.3 Å². The highest BCUT2D eigenvalue weighted by molar-refractivity contribution is 9.10. The van der Waals surface area contributed by atoms with E-state index in [1.165, 1.54) is 11.1 Å². The summed E-state index contributed by atoms with van der Waals surface area (Å²) >= 11 is 10.7. The second-order valence-electron chi connectivity index (χ2n) is 4.63. The summed E-state index contributed by atoms with van der Waals surface area (Å²) in [4.78, 5) is 17.7. The van der Waals surface area contributed by atoms with E-state index in [4.69, 9.17) is 17.0 Å². The predicted octanol–water partition coefficient (Wildman–Crippen LogP) is 3.77. The number of thioether (sulfide) groups is 1. The van der Waals surface area contributed by atoms with Gasteiger partial charge in [-0.25, -0.2) is 0 Å². The van der Waals surface area contributed by atoms with Gasteiger partial charge >= 0.3 is 0 Å². The molecule has 0 aliphatic rings. The molecule has 0 saturated carbocycles. The van der Waals surface area contributed by atoms with Crippen molar-refractivity contribution in [2.45, 2.75) is 6.92 Å². The summed E-state index contributed by atoms with van der Waals surface area (Å²) in [5.74, 6) is 0.488. The first kappa shape index (κ1) is 19.0. The van der Waals surface area contributed by atoms with E-state index in [9.17, 15) is 4.79 Å². The third-order valence-corrected chi connectivity index (χ3v) is 4.30. The van der Waals surface area contributed by atoms with E-state index < -0.39 is 0 Å². The summed E-state index contributed by atoms with van der Waals surface area (Å²) in [7, 11) is 1.61. The fraction of sp³-hybridized carbons (Fsp3) is 0.357. The Balaban J connectivity index is 2.90. The van der Waals surface area contributed by atoms with Gasteiger partial charge in [0.15, 0.2) is 0 Å². The lowest BCUT2D eigenvalue weighted by Crippen LogP contribution is -2.34. The fourth-order valence-corrected chi connectivity index (χ4v) is 2.91. The summed E-state index contributed by atoms with van der Waals surface area (Å²) < 4.78 is 0.825. The molecule has 0 bridgehead atoms. The molecule has 22 heavy (non-hydrogen) atoms. The SMILES string of the molecule is CSCC(C)C(=O)N(C)/C(=C/Nc1cncc(Br)c1)C(=N)Cl. The molecule has 1 amide bonds. The van der Waals surface area contributed by atoms with Crippen molar-refractivity contribution in [2.75, 3.05) is 24.4 Å². The quantitative estimate of drug-likeness (QED) is 0.678. The van der Waals surface area contributed by atoms with E-state index in [1.54, 1.807) is 31.2 Å². The van der Waals surface area contributed by atoms with Crippen LogP contribution in [0.15, 0.2) is 34.8 Å². The minimum atomic E-state index is -0.206. The first-order valence-corrected chi connectivity index (χ1v) is 9.01. The number of rotatable bonds is 7. The Kier molecular flexibility index (Phi) is 7.92. The average molecular weight is 406 g/mol. The lowest BCUT2D eigenvalue weighted by molar-refractivity contribution is -0.130. The fourth-order valence-electron chi connectivity index (χ4n) is 1.72. The largest absolute Gasteiger partial charge is 0.358 e. The number of amides is 1. The third-order valence-electron chi connectivity index (χ3n) is 2.84. The smallest absolute Gasteiger partial charge is 0.230 e. The summed E-state index contributed by atoms with van der Waals surface area (Å²) in [5, 5.41) is 10.4. The van der Waals surface area contributed by atoms with Crippen LogP contribution in [0.3, 0.4) is 0 Å². The molecule has 0 radical (unpaired) electrons. The molecule has 0 saturated heterocycles. The molecule has 5 nitrogen and oxygen atoms in total. The summed E-state index contributed by atoms with van der Waals surface area (Å²) in [6, 6.07) is 1.83. The number of carbonyl (C=O) groups is 1. The molecule has 1 atom stereocenters. The Hall–Kier alpha value is -1.05. The normalized spacial score (nSPS) is 12.7. The third kappa shape index (κ3) is 5.62. The minimum absolute atomic E-state index is 0.0832. The van der Waals surface area contributed by atoms with E-state index in [-0.39, 0.29) is 17.0 Å². The molecular formula is C14H18BrClN4OS. The standard InChI is InChI=1S/C14H18BrClN4OS/c1-9(8-22-3)14(21)20(2)12(13(16)17)7-19-11-4-10(15)5-18-6-11/h4-7,9,17,19H,8H2,1-3H3/b12-7+,17-13?. The summed E-state index contributed by atoms with van der Waals surface area (Å²) in [6.07, 6.45) is 6.78. The van der Waals surface area contributed by atoms with Crippen LogP contribution < -0.4 is 5.32 Å². The van der Waals surface area contributed by atoms with Gasteiger partial charge in [0.05, 0.1) is 17.6 Å². The number of allylic oxidation sites excluding steroid dienone is 1. The molecule has 0 aliphatic carbocycles. The molecule has 120 valence electrons. The Labute approximate surface area is 148 Å². The Morgan fingerprint density at radius 2 is 2.32 bits per heavy atom. The van der Waals surface area contributed by atoms with Gasteiger partial charge in [0.2, 0.25) is 5.91 Å². The Bertz CT molecular complexity index is 582. The molecule has 1 rings (SSSR count). The van der Waals surface area contributed by atoms with Gasteiger partial charge in [-0.2, -0.15) is 11.8 Å². The molecule has 8 heteroatoms. The number of anilines is 1. The highest BCUT2D eigenvalue weighted by Gasteiger charge is 2.21. The molecule has 0 aliphatic heterocycles. The van der Waals surface area contributed by atoms with E-state index in [0.717, 1.165) is 15.9 Å². The number of halogens is 2. The zero-order valence-corrected chi connectivity index (χ0v) is 15.7. The molecule has 0 aromatic carbocycles. The second-order valence-corrected chi connectivity index (χ2v) is 6.84. The zero-order chi connectivity index (χ0) is 16.7. The van der Waals surface area contributed by atoms with Crippen LogP contribution in [-0.4, -0.2) is 40.0 Å². The van der Waals surface area contributed by atoms with Crippen molar-refractivity contribution in [3.8, 4) is 0 Å². The van der Waals surface area contributed by atoms with Gasteiger partial charge in [0, 0.05) is 35.6 Å². The number of nitrogens with zero attached hydrogens (tertiary/aromatic N) is 2. The van der Waals surface area contributed by atoms with Crippen molar-refractivity contribution in [3.05, 3.63) is 34.8 Å². The zero-order valence-electron chi connectivity index (χ0n) is 12.6. The van der Waals surface area contributed by atoms with Crippen LogP contribution >= 0.6 is 39.3 Å². The van der Waals surface area contributed by atoms with E-state index >= 15 is 0 Å². The first-order chi connectivity index (χ1) is 10.4. The number of hydrogen-bond donors (Lipinski definition) is 2. The van der Waals surface area contributed by atoms with Crippen LogP contribution in [0, 0.1) is 11.3 Å². The maximum Gasteiger partial charge on any atom is 0.230 e. The van der Waals surface area contributed by atoms with Gasteiger partial charge in [0.25, 0.3) is 0 Å². The number of aromatic nitrogens is 1. The summed E-state index contributed by atoms with van der Waals surface area (Å²) in [6.45, 7) is 1.86. The van der Waals surface area contributed by atoms with Gasteiger partial charge < -0.3 is 10.2 Å². The molecule has 0 fully saturated rings. The van der Waals surface area contributed by atoms with Crippen LogP contribution in [0.1, 0.15) is 6.92 Å². The van der Waals surface area contributed by atoms with Crippen molar-refractivity contribution in [1.82, 2.24) is 9.88 Å². The van der Waals surface area contributed by atoms with Gasteiger partial charge in [-0.3, -0.25) is 15.2 Å². The molecule has 1 aromatic rings. The number of carbonyl (C=O) groups excluding carboxylic acids is 1. The van der Waals surface area contributed by atoms with Gasteiger partial charge in [0.1, 0.15) is 5.17 Å². The number of hydrogen-bond acceptors (Lipinski definition) is 5. The van der Waals surface area contributed by atoms with E-state index in [2.05, 4.69) is 26.2 Å². The minimum Gasteiger partial charge on any atom is -0.358 e. The van der Waals surface area contributed by atoms with Crippen molar-refractivity contribution >= 4 is 56.1 Å². The first-order valence-electron chi connectivity index (χ1n) is 6.45. The number of pyridine rings is 1. The summed E-state index contributed by atoms with van der Waals surface area (Å²) in [5.41, 5.74) is 1.03. The highest BCUT2D eigenvalue weighted by atomic mass is 79.9. The monoisotopic (exact) mass is 404 g/mol. The number of nitrogens with one attached hydrogen (secondary N) is 2. The lowest BCUT2D eigenvalue weighted by atomic mass is 10.2. The van der Waals surface area contributed by atoms with Gasteiger partial charge in [-0.15, -0.1) is 0 Å². The molecule has 1 unspecified atom stereocenters. The Morgan fingerprint density at radius 1 is 1.64 bits per heavy atom. The van der Waals surface area contributed by atoms with Crippen LogP contribution in [0.4, 0.5) is 5.69 Å². The van der Waals surface area contributed by atoms with Gasteiger partial charge in [-0.1, -0.05) is 18.5 Å². The van der Waals surface area contributed by atoms with E-state index in [1.807, 2.05) is 19.2 Å². The Morgan fingerprint density at radius 3 is 2.86 bits per heavy atom. The molecule has 0 spiro atoms. The topological polar surface area (TPSA) is 69.1 Å². The maximum atomic E-state index is 12.3. The van der Waals surface area contributed by atoms with Crippen molar-refractivity contribution in [3.63, 3.8) is 0 Å². The molecule has 1 heterocycles. The van der Waals surface area contributed by atoms with Crippen molar-refractivity contribution in [2.24, 2.45) is 5.92 Å².